The van der Waals surface area contributed by atoms with Crippen LogP contribution in [0, 0.1) is 0 Å². The molecule has 2 aromatic carbocycles. The van der Waals surface area contributed by atoms with E-state index in [0.29, 0.717) is 18.7 Å². The van der Waals surface area contributed by atoms with Gasteiger partial charge in [-0.1, -0.05) is 30.3 Å². The number of ether oxygens (including phenoxy) is 2. The lowest BCUT2D eigenvalue weighted by atomic mass is 10.1. The van der Waals surface area contributed by atoms with E-state index in [2.05, 4.69) is 26.3 Å². The van der Waals surface area contributed by atoms with Gasteiger partial charge in [0.15, 0.2) is 0 Å². The van der Waals surface area contributed by atoms with Crippen LogP contribution in [0.2, 0.25) is 0 Å². The number of hydrogen-bond acceptors (Lipinski definition) is 8. The Hall–Kier alpha value is -4.60. The third-order valence-electron chi connectivity index (χ3n) is 7.35. The van der Waals surface area contributed by atoms with E-state index in [9.17, 15) is 9.59 Å². The summed E-state index contributed by atoms with van der Waals surface area (Å²) in [6.45, 7) is 2.85. The zero-order valence-corrected chi connectivity index (χ0v) is 23.6. The molecule has 4 aromatic rings. The lowest BCUT2D eigenvalue weighted by Gasteiger charge is -2.29. The lowest BCUT2D eigenvalue weighted by Crippen LogP contribution is -2.43. The molecule has 2 aromatic heterocycles. The zero-order chi connectivity index (χ0) is 28.6. The second-order valence-corrected chi connectivity index (χ2v) is 10.1. The number of hydrogen-bond donors (Lipinski definition) is 1. The minimum Gasteiger partial charge on any atom is -0.497 e. The highest BCUT2D eigenvalue weighted by Gasteiger charge is 2.17. The SMILES string of the molecule is COc1ccc(Cn2c(NCCc3cccnc3N3CCCCC3)nc(=O)n(Cc3ccc(OC)cc3)c2=O)cc1. The summed E-state index contributed by atoms with van der Waals surface area (Å²) >= 11 is 0. The first-order chi connectivity index (χ1) is 20.1. The molecule has 214 valence electrons. The van der Waals surface area contributed by atoms with Crippen molar-refractivity contribution in [1.82, 2.24) is 19.1 Å². The van der Waals surface area contributed by atoms with Crippen molar-refractivity contribution in [3.63, 3.8) is 0 Å². The predicted octanol–water partition coefficient (Wildman–Crippen LogP) is 3.56. The first kappa shape index (κ1) is 27.9. The molecule has 41 heavy (non-hydrogen) atoms. The van der Waals surface area contributed by atoms with E-state index in [-0.39, 0.29) is 19.0 Å². The molecule has 0 spiro atoms. The van der Waals surface area contributed by atoms with Crippen molar-refractivity contribution in [3.05, 3.63) is 105 Å². The molecule has 10 nitrogen and oxygen atoms in total. The number of piperidine rings is 1. The van der Waals surface area contributed by atoms with Crippen LogP contribution in [0.3, 0.4) is 0 Å². The molecule has 3 heterocycles. The highest BCUT2D eigenvalue weighted by Crippen LogP contribution is 2.22. The molecule has 0 saturated carbocycles. The molecular formula is C31H36N6O4. The van der Waals surface area contributed by atoms with Gasteiger partial charge in [0.1, 0.15) is 17.3 Å². The van der Waals surface area contributed by atoms with Gasteiger partial charge >= 0.3 is 11.4 Å². The first-order valence-electron chi connectivity index (χ1n) is 14.0. The Morgan fingerprint density at radius 2 is 1.41 bits per heavy atom. The molecule has 0 bridgehead atoms. The maximum absolute atomic E-state index is 13.7. The summed E-state index contributed by atoms with van der Waals surface area (Å²) < 4.78 is 13.2. The number of nitrogens with zero attached hydrogens (tertiary/aromatic N) is 5. The second kappa shape index (κ2) is 13.2. The lowest BCUT2D eigenvalue weighted by molar-refractivity contribution is 0.414. The van der Waals surface area contributed by atoms with Gasteiger partial charge in [-0.3, -0.25) is 4.57 Å². The summed E-state index contributed by atoms with van der Waals surface area (Å²) in [4.78, 5) is 38.2. The van der Waals surface area contributed by atoms with E-state index in [1.165, 1.54) is 23.8 Å². The highest BCUT2D eigenvalue weighted by atomic mass is 16.5. The largest absolute Gasteiger partial charge is 0.497 e. The van der Waals surface area contributed by atoms with Crippen molar-refractivity contribution in [2.75, 3.05) is 44.1 Å². The molecule has 0 unspecified atom stereocenters. The van der Waals surface area contributed by atoms with Gasteiger partial charge in [-0.2, -0.15) is 4.98 Å². The van der Waals surface area contributed by atoms with Crippen molar-refractivity contribution >= 4 is 11.8 Å². The molecule has 0 amide bonds. The van der Waals surface area contributed by atoms with Crippen LogP contribution in [0.15, 0.2) is 76.4 Å². The molecule has 5 rings (SSSR count). The fourth-order valence-electron chi connectivity index (χ4n) is 5.09. The van der Waals surface area contributed by atoms with Gasteiger partial charge in [0.2, 0.25) is 5.95 Å². The van der Waals surface area contributed by atoms with Crippen LogP contribution in [0.1, 0.15) is 36.0 Å². The van der Waals surface area contributed by atoms with Crippen molar-refractivity contribution in [2.45, 2.75) is 38.8 Å². The molecule has 0 radical (unpaired) electrons. The van der Waals surface area contributed by atoms with E-state index < -0.39 is 11.4 Å². The number of methoxy groups -OCH3 is 2. The Morgan fingerprint density at radius 3 is 2.02 bits per heavy atom. The summed E-state index contributed by atoms with van der Waals surface area (Å²) in [5.41, 5.74) is 1.76. The van der Waals surface area contributed by atoms with Gasteiger partial charge in [-0.05, 0) is 72.7 Å². The van der Waals surface area contributed by atoms with E-state index in [1.54, 1.807) is 26.4 Å². The number of anilines is 2. The van der Waals surface area contributed by atoms with Crippen LogP contribution in [-0.2, 0) is 19.5 Å². The molecule has 1 aliphatic heterocycles. The standard InChI is InChI=1S/C31H36N6O4/c1-40-26-12-8-23(9-13-26)21-36-29(33-18-16-25-7-6-17-32-28(25)35-19-4-3-5-20-35)34-30(38)37(31(36)39)22-24-10-14-27(41-2)15-11-24/h6-15,17H,3-5,16,18-22H2,1-2H3,(H,33,34,38). The molecular weight excluding hydrogens is 520 g/mol. The van der Waals surface area contributed by atoms with E-state index in [1.807, 2.05) is 48.7 Å². The van der Waals surface area contributed by atoms with Crippen LogP contribution in [0.5, 0.6) is 11.5 Å². The monoisotopic (exact) mass is 556 g/mol. The van der Waals surface area contributed by atoms with E-state index >= 15 is 0 Å². The Balaban J connectivity index is 1.41. The molecule has 1 saturated heterocycles. The molecule has 0 aliphatic carbocycles. The summed E-state index contributed by atoms with van der Waals surface area (Å²) in [5, 5.41) is 3.27. The van der Waals surface area contributed by atoms with E-state index in [0.717, 1.165) is 45.9 Å². The smallest absolute Gasteiger partial charge is 0.355 e. The van der Waals surface area contributed by atoms with Crippen LogP contribution in [0.25, 0.3) is 0 Å². The van der Waals surface area contributed by atoms with Gasteiger partial charge in [0, 0.05) is 25.8 Å². The normalized spacial score (nSPS) is 13.2. The number of benzene rings is 2. The van der Waals surface area contributed by atoms with E-state index in [4.69, 9.17) is 9.47 Å². The zero-order valence-electron chi connectivity index (χ0n) is 23.6. The molecule has 1 fully saturated rings. The van der Waals surface area contributed by atoms with Crippen molar-refractivity contribution in [2.24, 2.45) is 0 Å². The minimum atomic E-state index is -0.602. The van der Waals surface area contributed by atoms with Gasteiger partial charge in [-0.15, -0.1) is 0 Å². The molecule has 10 heteroatoms. The van der Waals surface area contributed by atoms with Crippen LogP contribution in [-0.4, -0.2) is 53.0 Å². The third-order valence-corrected chi connectivity index (χ3v) is 7.35. The summed E-state index contributed by atoms with van der Waals surface area (Å²) in [5.74, 6) is 2.67. The van der Waals surface area contributed by atoms with Gasteiger partial charge in [0.05, 0.1) is 27.3 Å². The fraction of sp³-hybridized carbons (Fsp3) is 0.355. The number of nitrogens with one attached hydrogen (secondary N) is 1. The quantitative estimate of drug-likeness (QED) is 0.299. The first-order valence-corrected chi connectivity index (χ1v) is 14.0. The molecule has 1 aliphatic rings. The fourth-order valence-corrected chi connectivity index (χ4v) is 5.09. The van der Waals surface area contributed by atoms with Crippen LogP contribution >= 0.6 is 0 Å². The molecule has 0 atom stereocenters. The predicted molar refractivity (Wildman–Crippen MR) is 159 cm³/mol. The number of pyridine rings is 1. The Labute approximate surface area is 239 Å². The Morgan fingerprint density at radius 1 is 0.805 bits per heavy atom. The van der Waals surface area contributed by atoms with Gasteiger partial charge < -0.3 is 19.7 Å². The maximum Gasteiger partial charge on any atom is 0.355 e. The topological polar surface area (TPSA) is 104 Å². The average Bonchev–Trinajstić information content (AvgIpc) is 3.02. The van der Waals surface area contributed by atoms with Crippen molar-refractivity contribution in [3.8, 4) is 11.5 Å². The van der Waals surface area contributed by atoms with Crippen molar-refractivity contribution in [1.29, 1.82) is 0 Å². The second-order valence-electron chi connectivity index (χ2n) is 10.1. The van der Waals surface area contributed by atoms with Crippen molar-refractivity contribution < 1.29 is 9.47 Å². The number of rotatable bonds is 11. The van der Waals surface area contributed by atoms with Crippen LogP contribution < -0.4 is 31.1 Å². The summed E-state index contributed by atoms with van der Waals surface area (Å²) in [6.07, 6.45) is 6.09. The Kier molecular flexibility index (Phi) is 8.98. The Bertz CT molecular complexity index is 1560. The summed E-state index contributed by atoms with van der Waals surface area (Å²) in [7, 11) is 3.20. The van der Waals surface area contributed by atoms with Gasteiger partial charge in [-0.25, -0.2) is 19.1 Å². The van der Waals surface area contributed by atoms with Gasteiger partial charge in [0.25, 0.3) is 0 Å². The maximum atomic E-state index is 13.7. The minimum absolute atomic E-state index is 0.104. The van der Waals surface area contributed by atoms with Crippen LogP contribution in [0.4, 0.5) is 11.8 Å². The number of aromatic nitrogens is 4. The third kappa shape index (κ3) is 6.77. The average molecular weight is 557 g/mol. The summed E-state index contributed by atoms with van der Waals surface area (Å²) in [6, 6.07) is 18.8. The molecule has 1 N–H and O–H groups in total. The highest BCUT2D eigenvalue weighted by molar-refractivity contribution is 5.47.